The standard InChI is InChI=1S/C6H5ClO2.C4H10O3/c7-5-3-4(8)1-2-6(5)9;5-1-3-7-4-2-6/h1-3,8-9H;5-6H,1-4H2. The van der Waals surface area contributed by atoms with Crippen molar-refractivity contribution in [1.82, 2.24) is 0 Å². The Balaban J connectivity index is 0.000000293. The number of rotatable bonds is 4. The maximum Gasteiger partial charge on any atom is 0.134 e. The van der Waals surface area contributed by atoms with Gasteiger partial charge in [-0.3, -0.25) is 0 Å². The molecule has 0 aromatic heterocycles. The Bertz CT molecular complexity index is 289. The second-order valence-corrected chi connectivity index (χ2v) is 3.10. The van der Waals surface area contributed by atoms with Crippen LogP contribution in [0.3, 0.4) is 0 Å². The van der Waals surface area contributed by atoms with Crippen molar-refractivity contribution in [2.45, 2.75) is 0 Å². The van der Waals surface area contributed by atoms with Crippen LogP contribution in [0.4, 0.5) is 0 Å². The fourth-order valence-electron chi connectivity index (χ4n) is 0.727. The Labute approximate surface area is 98.5 Å². The largest absolute Gasteiger partial charge is 0.508 e. The Morgan fingerprint density at radius 2 is 1.62 bits per heavy atom. The van der Waals surface area contributed by atoms with E-state index in [2.05, 4.69) is 4.74 Å². The van der Waals surface area contributed by atoms with E-state index in [0.29, 0.717) is 13.2 Å². The van der Waals surface area contributed by atoms with Gasteiger partial charge in [0, 0.05) is 6.07 Å². The second kappa shape index (κ2) is 9.23. The summed E-state index contributed by atoms with van der Waals surface area (Å²) in [4.78, 5) is 0. The monoisotopic (exact) mass is 250 g/mol. The van der Waals surface area contributed by atoms with Crippen molar-refractivity contribution in [3.63, 3.8) is 0 Å². The first-order valence-electron chi connectivity index (χ1n) is 4.58. The predicted molar refractivity (Wildman–Crippen MR) is 59.8 cm³/mol. The van der Waals surface area contributed by atoms with Crippen molar-refractivity contribution in [2.75, 3.05) is 26.4 Å². The van der Waals surface area contributed by atoms with Crippen LogP contribution in [0.2, 0.25) is 5.02 Å². The predicted octanol–water partition coefficient (Wildman–Crippen LogP) is 0.739. The smallest absolute Gasteiger partial charge is 0.134 e. The summed E-state index contributed by atoms with van der Waals surface area (Å²) in [6, 6.07) is 3.97. The van der Waals surface area contributed by atoms with E-state index in [1.54, 1.807) is 0 Å². The highest BCUT2D eigenvalue weighted by atomic mass is 35.5. The lowest BCUT2D eigenvalue weighted by molar-refractivity contribution is 0.0650. The van der Waals surface area contributed by atoms with Crippen LogP contribution >= 0.6 is 11.6 Å². The third-order valence-electron chi connectivity index (χ3n) is 1.40. The molecule has 1 rings (SSSR count). The fourth-order valence-corrected chi connectivity index (χ4v) is 0.902. The highest BCUT2D eigenvalue weighted by Crippen LogP contribution is 2.26. The number of benzene rings is 1. The molecular weight excluding hydrogens is 236 g/mol. The van der Waals surface area contributed by atoms with Crippen LogP contribution in [0.1, 0.15) is 0 Å². The molecule has 1 aromatic carbocycles. The molecule has 0 bridgehead atoms. The summed E-state index contributed by atoms with van der Waals surface area (Å²) in [5.41, 5.74) is 0. The van der Waals surface area contributed by atoms with Gasteiger partial charge in [-0.1, -0.05) is 11.6 Å². The van der Waals surface area contributed by atoms with E-state index < -0.39 is 0 Å². The van der Waals surface area contributed by atoms with Gasteiger partial charge in [-0.15, -0.1) is 0 Å². The first kappa shape index (κ1) is 15.0. The van der Waals surface area contributed by atoms with Crippen LogP contribution in [0.5, 0.6) is 11.5 Å². The Morgan fingerprint density at radius 3 is 2.00 bits per heavy atom. The van der Waals surface area contributed by atoms with Crippen LogP contribution < -0.4 is 0 Å². The van der Waals surface area contributed by atoms with E-state index in [4.69, 9.17) is 32.0 Å². The number of halogens is 1. The number of phenolic OH excluding ortho intramolecular Hbond substituents is 2. The summed E-state index contributed by atoms with van der Waals surface area (Å²) in [7, 11) is 0. The summed E-state index contributed by atoms with van der Waals surface area (Å²) in [6.07, 6.45) is 0. The number of hydrogen-bond acceptors (Lipinski definition) is 5. The molecule has 0 aliphatic carbocycles. The van der Waals surface area contributed by atoms with E-state index in [1.807, 2.05) is 0 Å². The van der Waals surface area contributed by atoms with Gasteiger partial charge >= 0.3 is 0 Å². The molecule has 0 saturated heterocycles. The lowest BCUT2D eigenvalue weighted by Crippen LogP contribution is -2.03. The van der Waals surface area contributed by atoms with Crippen molar-refractivity contribution < 1.29 is 25.2 Å². The van der Waals surface area contributed by atoms with Crippen LogP contribution in [0.15, 0.2) is 18.2 Å². The summed E-state index contributed by atoms with van der Waals surface area (Å²) >= 11 is 5.40. The van der Waals surface area contributed by atoms with Gasteiger partial charge in [0.25, 0.3) is 0 Å². The topological polar surface area (TPSA) is 90.2 Å². The lowest BCUT2D eigenvalue weighted by Gasteiger charge is -1.94. The Kier molecular flexibility index (Phi) is 8.65. The number of ether oxygens (including phenoxy) is 1. The third kappa shape index (κ3) is 7.30. The molecule has 0 aliphatic heterocycles. The summed E-state index contributed by atoms with van der Waals surface area (Å²) in [6.45, 7) is 0.696. The molecule has 16 heavy (non-hydrogen) atoms. The molecule has 0 unspecified atom stereocenters. The number of aromatic hydroxyl groups is 2. The van der Waals surface area contributed by atoms with E-state index in [0.717, 1.165) is 0 Å². The zero-order chi connectivity index (χ0) is 12.4. The van der Waals surface area contributed by atoms with Gasteiger partial charge in [-0.25, -0.2) is 0 Å². The molecule has 4 N–H and O–H groups in total. The second-order valence-electron chi connectivity index (χ2n) is 2.70. The van der Waals surface area contributed by atoms with Crippen molar-refractivity contribution in [1.29, 1.82) is 0 Å². The molecule has 0 aliphatic rings. The van der Waals surface area contributed by atoms with Crippen LogP contribution in [-0.2, 0) is 4.74 Å². The quantitative estimate of drug-likeness (QED) is 0.467. The first-order valence-corrected chi connectivity index (χ1v) is 4.96. The molecule has 0 atom stereocenters. The Hall–Kier alpha value is -1.01. The van der Waals surface area contributed by atoms with Crippen molar-refractivity contribution in [2.24, 2.45) is 0 Å². The average molecular weight is 251 g/mol. The van der Waals surface area contributed by atoms with E-state index >= 15 is 0 Å². The number of aliphatic hydroxyl groups is 2. The van der Waals surface area contributed by atoms with Gasteiger partial charge in [0.05, 0.1) is 31.5 Å². The van der Waals surface area contributed by atoms with Crippen molar-refractivity contribution in [3.8, 4) is 11.5 Å². The molecule has 0 fully saturated rings. The minimum Gasteiger partial charge on any atom is -0.508 e. The van der Waals surface area contributed by atoms with Gasteiger partial charge in [0.15, 0.2) is 0 Å². The maximum absolute atomic E-state index is 8.80. The molecule has 6 heteroatoms. The molecule has 0 amide bonds. The molecule has 92 valence electrons. The van der Waals surface area contributed by atoms with E-state index in [-0.39, 0.29) is 29.7 Å². The van der Waals surface area contributed by atoms with Gasteiger partial charge < -0.3 is 25.2 Å². The van der Waals surface area contributed by atoms with E-state index in [1.165, 1.54) is 18.2 Å². The SMILES string of the molecule is OCCOCCO.Oc1ccc(O)c(Cl)c1. The van der Waals surface area contributed by atoms with Crippen LogP contribution in [0.25, 0.3) is 0 Å². The zero-order valence-corrected chi connectivity index (χ0v) is 9.39. The highest BCUT2D eigenvalue weighted by molar-refractivity contribution is 6.32. The summed E-state index contributed by atoms with van der Waals surface area (Å²) in [5, 5.41) is 33.9. The average Bonchev–Trinajstić information content (AvgIpc) is 2.26. The normalized spacial score (nSPS) is 9.44. The summed E-state index contributed by atoms with van der Waals surface area (Å²) in [5.74, 6) is 0.0345. The minimum atomic E-state index is -0.0190. The molecular formula is C10H15ClO5. The van der Waals surface area contributed by atoms with Crippen molar-refractivity contribution in [3.05, 3.63) is 23.2 Å². The molecule has 0 radical (unpaired) electrons. The van der Waals surface area contributed by atoms with Crippen molar-refractivity contribution >= 4 is 11.6 Å². The lowest BCUT2D eigenvalue weighted by atomic mass is 10.3. The van der Waals surface area contributed by atoms with E-state index in [9.17, 15) is 0 Å². The van der Waals surface area contributed by atoms with Gasteiger partial charge in [0.1, 0.15) is 11.5 Å². The molecule has 5 nitrogen and oxygen atoms in total. The molecule has 0 heterocycles. The third-order valence-corrected chi connectivity index (χ3v) is 1.71. The molecule has 1 aromatic rings. The van der Waals surface area contributed by atoms with Crippen LogP contribution in [-0.4, -0.2) is 46.9 Å². The van der Waals surface area contributed by atoms with Gasteiger partial charge in [0.2, 0.25) is 0 Å². The summed E-state index contributed by atoms with van der Waals surface area (Å²) < 4.78 is 4.63. The highest BCUT2D eigenvalue weighted by Gasteiger charge is 1.95. The number of hydrogen-bond donors (Lipinski definition) is 4. The fraction of sp³-hybridized carbons (Fsp3) is 0.400. The van der Waals surface area contributed by atoms with Gasteiger partial charge in [-0.2, -0.15) is 0 Å². The number of phenols is 2. The Morgan fingerprint density at radius 1 is 1.06 bits per heavy atom. The molecule has 0 spiro atoms. The maximum atomic E-state index is 8.80. The minimum absolute atomic E-state index is 0.0190. The molecule has 0 saturated carbocycles. The first-order chi connectivity index (χ1) is 7.61. The van der Waals surface area contributed by atoms with Crippen LogP contribution in [0, 0.1) is 0 Å². The number of aliphatic hydroxyl groups excluding tert-OH is 2. The zero-order valence-electron chi connectivity index (χ0n) is 8.64. The van der Waals surface area contributed by atoms with Gasteiger partial charge in [-0.05, 0) is 12.1 Å².